The largest absolute Gasteiger partial charge is 0.493 e. The number of carbonyl (C=O) groups is 1. The van der Waals surface area contributed by atoms with E-state index < -0.39 is 5.97 Å². The summed E-state index contributed by atoms with van der Waals surface area (Å²) in [4.78, 5) is 13.1. The summed E-state index contributed by atoms with van der Waals surface area (Å²) in [5.74, 6) is 0.0522. The van der Waals surface area contributed by atoms with Gasteiger partial charge in [-0.25, -0.2) is 0 Å². The van der Waals surface area contributed by atoms with Crippen LogP contribution < -0.4 is 4.74 Å². The van der Waals surface area contributed by atoms with Gasteiger partial charge in [-0.1, -0.05) is 36.4 Å². The maximum atomic E-state index is 10.9. The smallest absolute Gasteiger partial charge is 0.307 e. The van der Waals surface area contributed by atoms with Crippen LogP contribution in [0.15, 0.2) is 42.5 Å². The molecule has 0 radical (unpaired) electrons. The van der Waals surface area contributed by atoms with E-state index in [9.17, 15) is 4.79 Å². The van der Waals surface area contributed by atoms with Crippen molar-refractivity contribution in [1.82, 2.24) is 4.90 Å². The van der Waals surface area contributed by atoms with Gasteiger partial charge in [0.2, 0.25) is 0 Å². The van der Waals surface area contributed by atoms with Gasteiger partial charge in [0, 0.05) is 18.5 Å². The molecule has 116 valence electrons. The van der Waals surface area contributed by atoms with Gasteiger partial charge in [-0.05, 0) is 30.8 Å². The molecule has 1 saturated heterocycles. The first-order valence-electron chi connectivity index (χ1n) is 7.80. The number of aliphatic carboxylic acids is 1. The normalized spacial score (nSPS) is 18.6. The molecule has 1 unspecified atom stereocenters. The molecule has 4 nitrogen and oxygen atoms in total. The minimum absolute atomic E-state index is 0.195. The Morgan fingerprint density at radius 2 is 2.05 bits per heavy atom. The van der Waals surface area contributed by atoms with Crippen LogP contribution in [0.1, 0.15) is 12.8 Å². The van der Waals surface area contributed by atoms with Crippen molar-refractivity contribution in [2.45, 2.75) is 12.8 Å². The fourth-order valence-electron chi connectivity index (χ4n) is 3.03. The first-order chi connectivity index (χ1) is 10.7. The van der Waals surface area contributed by atoms with E-state index >= 15 is 0 Å². The van der Waals surface area contributed by atoms with Gasteiger partial charge in [0.25, 0.3) is 0 Å². The van der Waals surface area contributed by atoms with Crippen molar-refractivity contribution in [2.75, 3.05) is 26.2 Å². The molecular formula is C18H21NO3. The van der Waals surface area contributed by atoms with E-state index in [1.54, 1.807) is 0 Å². The lowest BCUT2D eigenvalue weighted by molar-refractivity contribution is -0.141. The number of carboxylic acids is 1. The van der Waals surface area contributed by atoms with Crippen molar-refractivity contribution in [3.05, 3.63) is 42.5 Å². The van der Waals surface area contributed by atoms with Crippen molar-refractivity contribution in [3.63, 3.8) is 0 Å². The van der Waals surface area contributed by atoms with Crippen LogP contribution in [0.25, 0.3) is 10.8 Å². The van der Waals surface area contributed by atoms with Gasteiger partial charge in [-0.15, -0.1) is 0 Å². The van der Waals surface area contributed by atoms with Crippen molar-refractivity contribution >= 4 is 16.7 Å². The number of carboxylic acid groups (broad SMARTS) is 1. The topological polar surface area (TPSA) is 49.8 Å². The highest BCUT2D eigenvalue weighted by atomic mass is 16.5. The van der Waals surface area contributed by atoms with Gasteiger partial charge in [0.1, 0.15) is 5.75 Å². The fraction of sp³-hybridized carbons (Fsp3) is 0.389. The minimum Gasteiger partial charge on any atom is -0.493 e. The lowest BCUT2D eigenvalue weighted by Crippen LogP contribution is -2.25. The van der Waals surface area contributed by atoms with Crippen LogP contribution >= 0.6 is 0 Å². The average Bonchev–Trinajstić information content (AvgIpc) is 3.01. The summed E-state index contributed by atoms with van der Waals surface area (Å²) in [5, 5.41) is 11.3. The summed E-state index contributed by atoms with van der Waals surface area (Å²) in [5.41, 5.74) is 0. The Morgan fingerprint density at radius 1 is 1.23 bits per heavy atom. The molecule has 0 bridgehead atoms. The second kappa shape index (κ2) is 6.79. The van der Waals surface area contributed by atoms with E-state index in [1.807, 2.05) is 24.3 Å². The molecule has 2 aromatic carbocycles. The quantitative estimate of drug-likeness (QED) is 0.833. The molecule has 0 saturated carbocycles. The van der Waals surface area contributed by atoms with E-state index in [2.05, 4.69) is 23.1 Å². The first-order valence-corrected chi connectivity index (χ1v) is 7.80. The van der Waals surface area contributed by atoms with E-state index in [0.29, 0.717) is 13.2 Å². The second-order valence-corrected chi connectivity index (χ2v) is 5.80. The summed E-state index contributed by atoms with van der Waals surface area (Å²) in [6.07, 6.45) is 1.68. The Bertz CT molecular complexity index is 650. The minimum atomic E-state index is -0.672. The van der Waals surface area contributed by atoms with Crippen LogP contribution in [0.5, 0.6) is 5.75 Å². The van der Waals surface area contributed by atoms with Crippen LogP contribution in [0, 0.1) is 5.92 Å². The van der Waals surface area contributed by atoms with E-state index in [4.69, 9.17) is 9.84 Å². The number of hydrogen-bond donors (Lipinski definition) is 1. The van der Waals surface area contributed by atoms with Crippen LogP contribution in [0.2, 0.25) is 0 Å². The van der Waals surface area contributed by atoms with Gasteiger partial charge in [-0.3, -0.25) is 4.79 Å². The Labute approximate surface area is 130 Å². The monoisotopic (exact) mass is 299 g/mol. The number of nitrogens with zero attached hydrogens (tertiary/aromatic N) is 1. The molecule has 0 spiro atoms. The van der Waals surface area contributed by atoms with Crippen LogP contribution in [0.4, 0.5) is 0 Å². The molecule has 0 aromatic heterocycles. The zero-order valence-corrected chi connectivity index (χ0v) is 12.6. The molecule has 1 N–H and O–H groups in total. The van der Waals surface area contributed by atoms with Crippen LogP contribution in [-0.2, 0) is 4.79 Å². The number of benzene rings is 2. The first kappa shape index (κ1) is 14.9. The summed E-state index contributed by atoms with van der Waals surface area (Å²) in [6.45, 7) is 3.10. The predicted molar refractivity (Wildman–Crippen MR) is 86.2 cm³/mol. The van der Waals surface area contributed by atoms with E-state index in [1.165, 1.54) is 5.39 Å². The molecule has 1 aliphatic heterocycles. The van der Waals surface area contributed by atoms with E-state index in [0.717, 1.165) is 37.1 Å². The molecule has 22 heavy (non-hydrogen) atoms. The maximum absolute atomic E-state index is 10.9. The molecule has 4 heteroatoms. The van der Waals surface area contributed by atoms with Gasteiger partial charge < -0.3 is 14.7 Å². The highest BCUT2D eigenvalue weighted by Gasteiger charge is 2.27. The highest BCUT2D eigenvalue weighted by Crippen LogP contribution is 2.25. The Kier molecular flexibility index (Phi) is 4.59. The summed E-state index contributed by atoms with van der Waals surface area (Å²) in [7, 11) is 0. The summed E-state index contributed by atoms with van der Waals surface area (Å²) >= 11 is 0. The lowest BCUT2D eigenvalue weighted by Gasteiger charge is -2.15. The number of likely N-dealkylation sites (tertiary alicyclic amines) is 1. The number of rotatable bonds is 6. The SMILES string of the molecule is O=C(O)C1CCN(CCCOc2cccc3ccccc23)C1. The molecule has 2 aromatic rings. The predicted octanol–water partition coefficient (Wildman–Crippen LogP) is 3.02. The molecule has 0 amide bonds. The van der Waals surface area contributed by atoms with Crippen molar-refractivity contribution in [1.29, 1.82) is 0 Å². The second-order valence-electron chi connectivity index (χ2n) is 5.80. The van der Waals surface area contributed by atoms with Crippen molar-refractivity contribution in [2.24, 2.45) is 5.92 Å². The van der Waals surface area contributed by atoms with Gasteiger partial charge in [-0.2, -0.15) is 0 Å². The number of ether oxygens (including phenoxy) is 1. The Morgan fingerprint density at radius 3 is 2.86 bits per heavy atom. The van der Waals surface area contributed by atoms with Gasteiger partial charge >= 0.3 is 5.97 Å². The van der Waals surface area contributed by atoms with Crippen molar-refractivity contribution in [3.8, 4) is 5.75 Å². The summed E-state index contributed by atoms with van der Waals surface area (Å²) in [6, 6.07) is 14.3. The van der Waals surface area contributed by atoms with E-state index in [-0.39, 0.29) is 5.92 Å². The summed E-state index contributed by atoms with van der Waals surface area (Å²) < 4.78 is 5.91. The Balaban J connectivity index is 1.48. The third kappa shape index (κ3) is 3.39. The maximum Gasteiger partial charge on any atom is 0.307 e. The molecule has 1 heterocycles. The third-order valence-corrected chi connectivity index (χ3v) is 4.25. The molecular weight excluding hydrogens is 278 g/mol. The zero-order chi connectivity index (χ0) is 15.4. The molecule has 3 rings (SSSR count). The van der Waals surface area contributed by atoms with Gasteiger partial charge in [0.15, 0.2) is 0 Å². The third-order valence-electron chi connectivity index (χ3n) is 4.25. The fourth-order valence-corrected chi connectivity index (χ4v) is 3.03. The molecule has 1 fully saturated rings. The lowest BCUT2D eigenvalue weighted by atomic mass is 10.1. The van der Waals surface area contributed by atoms with Gasteiger partial charge in [0.05, 0.1) is 12.5 Å². The Hall–Kier alpha value is -2.07. The molecule has 1 aliphatic rings. The van der Waals surface area contributed by atoms with Crippen molar-refractivity contribution < 1.29 is 14.6 Å². The number of fused-ring (bicyclic) bond motifs is 1. The van der Waals surface area contributed by atoms with Crippen LogP contribution in [-0.4, -0.2) is 42.2 Å². The number of hydrogen-bond acceptors (Lipinski definition) is 3. The zero-order valence-electron chi connectivity index (χ0n) is 12.6. The standard InChI is InChI=1S/C18H21NO3/c20-18(21)15-9-11-19(13-15)10-4-12-22-17-8-3-6-14-5-1-2-7-16(14)17/h1-3,5-8,15H,4,9-13H2,(H,20,21). The average molecular weight is 299 g/mol. The molecule has 0 aliphatic carbocycles. The highest BCUT2D eigenvalue weighted by molar-refractivity contribution is 5.88. The molecule has 1 atom stereocenters. The van der Waals surface area contributed by atoms with Crippen LogP contribution in [0.3, 0.4) is 0 Å².